The van der Waals surface area contributed by atoms with Crippen molar-refractivity contribution in [2.24, 2.45) is 0 Å². The molecular weight excluding hydrogens is 410 g/mol. The van der Waals surface area contributed by atoms with E-state index in [1.54, 1.807) is 12.1 Å². The van der Waals surface area contributed by atoms with Crippen LogP contribution >= 0.6 is 11.6 Å². The quantitative estimate of drug-likeness (QED) is 0.561. The first-order valence-corrected chi connectivity index (χ1v) is 9.70. The summed E-state index contributed by atoms with van der Waals surface area (Å²) in [4.78, 5) is 38.1. The summed E-state index contributed by atoms with van der Waals surface area (Å²) in [6, 6.07) is 14.3. The molecule has 154 valence electrons. The second kappa shape index (κ2) is 8.30. The van der Waals surface area contributed by atoms with Gasteiger partial charge in [0.1, 0.15) is 11.1 Å². The van der Waals surface area contributed by atoms with Crippen LogP contribution in [-0.4, -0.2) is 31.6 Å². The lowest BCUT2D eigenvalue weighted by Crippen LogP contribution is -2.32. The van der Waals surface area contributed by atoms with Crippen LogP contribution in [0.3, 0.4) is 0 Å². The Morgan fingerprint density at radius 1 is 1.10 bits per heavy atom. The van der Waals surface area contributed by atoms with E-state index in [9.17, 15) is 14.4 Å². The Labute approximate surface area is 176 Å². The zero-order chi connectivity index (χ0) is 21.3. The van der Waals surface area contributed by atoms with E-state index < -0.39 is 23.5 Å². The third kappa shape index (κ3) is 3.69. The lowest BCUT2D eigenvalue weighted by atomic mass is 10.1. The Morgan fingerprint density at radius 2 is 1.87 bits per heavy atom. The van der Waals surface area contributed by atoms with Crippen molar-refractivity contribution in [3.63, 3.8) is 0 Å². The molecule has 4 rings (SSSR count). The van der Waals surface area contributed by atoms with Crippen molar-refractivity contribution in [2.45, 2.75) is 18.9 Å². The monoisotopic (exact) mass is 427 g/mol. The average Bonchev–Trinajstić information content (AvgIpc) is 3.05. The SMILES string of the molecule is COC1CC(=O)N(c2ccc3c(Cl)c(OCCc4ccccc4)oc(=O)c3c2)C1=O. The summed E-state index contributed by atoms with van der Waals surface area (Å²) in [5, 5.41) is 0.709. The predicted molar refractivity (Wildman–Crippen MR) is 111 cm³/mol. The number of imide groups is 1. The number of amides is 2. The average molecular weight is 428 g/mol. The minimum Gasteiger partial charge on any atom is -0.464 e. The zero-order valence-corrected chi connectivity index (χ0v) is 16.8. The molecule has 1 aliphatic rings. The van der Waals surface area contributed by atoms with Gasteiger partial charge in [-0.1, -0.05) is 48.0 Å². The largest absolute Gasteiger partial charge is 0.464 e. The van der Waals surface area contributed by atoms with Crippen LogP contribution in [0.15, 0.2) is 57.7 Å². The van der Waals surface area contributed by atoms with Crippen molar-refractivity contribution in [3.8, 4) is 5.95 Å². The Kier molecular flexibility index (Phi) is 5.57. The number of hydrogen-bond donors (Lipinski definition) is 0. The van der Waals surface area contributed by atoms with Gasteiger partial charge < -0.3 is 13.9 Å². The minimum atomic E-state index is -0.825. The number of carbonyl (C=O) groups excluding carboxylic acids is 2. The van der Waals surface area contributed by atoms with E-state index in [-0.39, 0.29) is 35.1 Å². The summed E-state index contributed by atoms with van der Waals surface area (Å²) in [6.07, 6.45) is -0.247. The van der Waals surface area contributed by atoms with Crippen molar-refractivity contribution >= 4 is 39.9 Å². The molecule has 0 N–H and O–H groups in total. The number of methoxy groups -OCH3 is 1. The van der Waals surface area contributed by atoms with E-state index in [0.29, 0.717) is 11.8 Å². The smallest absolute Gasteiger partial charge is 0.346 e. The highest BCUT2D eigenvalue weighted by Crippen LogP contribution is 2.34. The second-order valence-corrected chi connectivity index (χ2v) is 7.18. The van der Waals surface area contributed by atoms with E-state index in [1.165, 1.54) is 13.2 Å². The van der Waals surface area contributed by atoms with E-state index >= 15 is 0 Å². The summed E-state index contributed by atoms with van der Waals surface area (Å²) in [5.74, 6) is -0.939. The molecule has 1 saturated heterocycles. The third-order valence-electron chi connectivity index (χ3n) is 4.94. The van der Waals surface area contributed by atoms with Crippen LogP contribution in [0, 0.1) is 0 Å². The summed E-state index contributed by atoms with van der Waals surface area (Å²) in [5.41, 5.74) is 0.669. The molecule has 0 radical (unpaired) electrons. The highest BCUT2D eigenvalue weighted by Gasteiger charge is 2.39. The maximum atomic E-state index is 12.5. The fourth-order valence-corrected chi connectivity index (χ4v) is 3.64. The van der Waals surface area contributed by atoms with Crippen molar-refractivity contribution in [1.82, 2.24) is 0 Å². The Morgan fingerprint density at radius 3 is 2.57 bits per heavy atom. The Bertz CT molecular complexity index is 1170. The normalized spacial score (nSPS) is 16.5. The summed E-state index contributed by atoms with van der Waals surface area (Å²) in [7, 11) is 1.37. The zero-order valence-electron chi connectivity index (χ0n) is 16.1. The fraction of sp³-hybridized carbons (Fsp3) is 0.227. The molecule has 1 fully saturated rings. The summed E-state index contributed by atoms with van der Waals surface area (Å²) >= 11 is 6.39. The lowest BCUT2D eigenvalue weighted by Gasteiger charge is -2.15. The van der Waals surface area contributed by atoms with Gasteiger partial charge in [-0.3, -0.25) is 9.59 Å². The number of carbonyl (C=O) groups is 2. The maximum absolute atomic E-state index is 12.5. The maximum Gasteiger partial charge on any atom is 0.346 e. The van der Waals surface area contributed by atoms with Crippen LogP contribution in [0.25, 0.3) is 10.8 Å². The van der Waals surface area contributed by atoms with Gasteiger partial charge >= 0.3 is 11.6 Å². The molecule has 30 heavy (non-hydrogen) atoms. The van der Waals surface area contributed by atoms with Crippen LogP contribution < -0.4 is 15.3 Å². The summed E-state index contributed by atoms with van der Waals surface area (Å²) < 4.78 is 15.9. The molecule has 2 aromatic carbocycles. The molecule has 7 nitrogen and oxygen atoms in total. The van der Waals surface area contributed by atoms with Gasteiger partial charge in [0.2, 0.25) is 5.91 Å². The van der Waals surface area contributed by atoms with Gasteiger partial charge in [-0.2, -0.15) is 0 Å². The molecule has 0 bridgehead atoms. The van der Waals surface area contributed by atoms with Crippen LogP contribution in [0.2, 0.25) is 5.02 Å². The second-order valence-electron chi connectivity index (χ2n) is 6.80. The van der Waals surface area contributed by atoms with Crippen molar-refractivity contribution < 1.29 is 23.5 Å². The molecule has 0 saturated carbocycles. The molecule has 2 amide bonds. The molecule has 1 atom stereocenters. The molecule has 0 aliphatic carbocycles. The lowest BCUT2D eigenvalue weighted by molar-refractivity contribution is -0.125. The fourth-order valence-electron chi connectivity index (χ4n) is 3.38. The molecule has 3 aromatic rings. The van der Waals surface area contributed by atoms with Crippen molar-refractivity contribution in [1.29, 1.82) is 0 Å². The standard InChI is InChI=1S/C22H18ClNO6/c1-28-17-12-18(25)24(20(17)26)14-7-8-15-16(11-14)21(27)30-22(19(15)23)29-10-9-13-5-3-2-4-6-13/h2-8,11,17H,9-10,12H2,1H3. The topological polar surface area (TPSA) is 86.0 Å². The van der Waals surface area contributed by atoms with Crippen LogP contribution in [0.1, 0.15) is 12.0 Å². The first-order valence-electron chi connectivity index (χ1n) is 9.32. The van der Waals surface area contributed by atoms with Gasteiger partial charge in [0.15, 0.2) is 0 Å². The van der Waals surface area contributed by atoms with Gasteiger partial charge in [0, 0.05) is 18.9 Å². The van der Waals surface area contributed by atoms with Gasteiger partial charge in [0.25, 0.3) is 5.91 Å². The van der Waals surface area contributed by atoms with Crippen LogP contribution in [-0.2, 0) is 20.7 Å². The van der Waals surface area contributed by atoms with E-state index in [0.717, 1.165) is 10.5 Å². The highest BCUT2D eigenvalue weighted by atomic mass is 35.5. The molecule has 8 heteroatoms. The van der Waals surface area contributed by atoms with Crippen LogP contribution in [0.5, 0.6) is 5.95 Å². The third-order valence-corrected chi connectivity index (χ3v) is 5.30. The minimum absolute atomic E-state index is 0.0447. The van der Waals surface area contributed by atoms with Crippen molar-refractivity contribution in [2.75, 3.05) is 18.6 Å². The Hall–Kier alpha value is -3.16. The number of fused-ring (bicyclic) bond motifs is 1. The number of benzene rings is 2. The van der Waals surface area contributed by atoms with Gasteiger partial charge in [-0.05, 0) is 17.7 Å². The van der Waals surface area contributed by atoms with Crippen LogP contribution in [0.4, 0.5) is 5.69 Å². The molecule has 1 aromatic heterocycles. The van der Waals surface area contributed by atoms with Crippen molar-refractivity contribution in [3.05, 3.63) is 69.5 Å². The number of rotatable bonds is 6. The first kappa shape index (κ1) is 20.1. The Balaban J connectivity index is 1.61. The number of halogens is 1. The summed E-state index contributed by atoms with van der Waals surface area (Å²) in [6.45, 7) is 0.283. The van der Waals surface area contributed by atoms with E-state index in [2.05, 4.69) is 0 Å². The van der Waals surface area contributed by atoms with Gasteiger partial charge in [-0.25, -0.2) is 9.69 Å². The molecule has 1 unspecified atom stereocenters. The number of anilines is 1. The van der Waals surface area contributed by atoms with E-state index in [1.807, 2.05) is 30.3 Å². The highest BCUT2D eigenvalue weighted by molar-refractivity contribution is 6.36. The molecular formula is C22H18ClNO6. The number of hydrogen-bond acceptors (Lipinski definition) is 6. The van der Waals surface area contributed by atoms with E-state index in [4.69, 9.17) is 25.5 Å². The first-order chi connectivity index (χ1) is 14.5. The number of ether oxygens (including phenoxy) is 2. The molecule has 2 heterocycles. The predicted octanol–water partition coefficient (Wildman–Crippen LogP) is 3.35. The molecule has 0 spiro atoms. The molecule has 1 aliphatic heterocycles. The number of nitrogens with zero attached hydrogens (tertiary/aromatic N) is 1. The van der Waals surface area contributed by atoms with Gasteiger partial charge in [0.05, 0.1) is 24.1 Å². The van der Waals surface area contributed by atoms with Gasteiger partial charge in [-0.15, -0.1) is 0 Å².